The number of ketones is 1. The lowest BCUT2D eigenvalue weighted by atomic mass is 10.1. The molecule has 0 radical (unpaired) electrons. The molecule has 1 saturated carbocycles. The first-order chi connectivity index (χ1) is 9.11. The van der Waals surface area contributed by atoms with Gasteiger partial charge in [-0.2, -0.15) is 5.26 Å². The van der Waals surface area contributed by atoms with Crippen LogP contribution in [0.2, 0.25) is 0 Å². The molecule has 2 rings (SSSR count). The topological polar surface area (TPSA) is 44.1 Å². The summed E-state index contributed by atoms with van der Waals surface area (Å²) in [5, 5.41) is 8.58. The zero-order valence-corrected chi connectivity index (χ0v) is 10.4. The van der Waals surface area contributed by atoms with E-state index in [1.54, 1.807) is 0 Å². The van der Waals surface area contributed by atoms with Gasteiger partial charge < -0.3 is 0 Å². The van der Waals surface area contributed by atoms with E-state index >= 15 is 0 Å². The quantitative estimate of drug-likeness (QED) is 0.742. The molecule has 19 heavy (non-hydrogen) atoms. The molecule has 0 aliphatic heterocycles. The molecule has 0 amide bonds. The number of halogens is 2. The number of Topliss-reactive ketones (excluding diaryl/α,β-unsaturated/α-hetero) is 1. The Balaban J connectivity index is 2.02. The molecule has 0 spiro atoms. The van der Waals surface area contributed by atoms with Gasteiger partial charge in [0.2, 0.25) is 0 Å². The van der Waals surface area contributed by atoms with E-state index in [0.29, 0.717) is 19.0 Å². The monoisotopic (exact) mass is 264 g/mol. The lowest BCUT2D eigenvalue weighted by Crippen LogP contribution is -2.32. The van der Waals surface area contributed by atoms with Gasteiger partial charge >= 0.3 is 0 Å². The lowest BCUT2D eigenvalue weighted by Gasteiger charge is -2.19. The lowest BCUT2D eigenvalue weighted by molar-refractivity contribution is 0.0925. The van der Waals surface area contributed by atoms with Gasteiger partial charge in [0.1, 0.15) is 0 Å². The zero-order valence-electron chi connectivity index (χ0n) is 10.4. The van der Waals surface area contributed by atoms with Crippen molar-refractivity contribution in [2.24, 2.45) is 0 Å². The molecular formula is C14H14F2N2O. The van der Waals surface area contributed by atoms with Crippen molar-refractivity contribution in [1.82, 2.24) is 4.90 Å². The van der Waals surface area contributed by atoms with Crippen molar-refractivity contribution < 1.29 is 13.6 Å². The summed E-state index contributed by atoms with van der Waals surface area (Å²) in [6.45, 7) is 0.688. The van der Waals surface area contributed by atoms with Crippen LogP contribution in [0.1, 0.15) is 29.6 Å². The van der Waals surface area contributed by atoms with Crippen LogP contribution in [0.15, 0.2) is 18.2 Å². The summed E-state index contributed by atoms with van der Waals surface area (Å²) in [6.07, 6.45) is 2.41. The molecule has 1 aliphatic carbocycles. The predicted octanol–water partition coefficient (Wildman–Crippen LogP) is 2.53. The zero-order chi connectivity index (χ0) is 13.8. The second-order valence-electron chi connectivity index (χ2n) is 4.66. The average Bonchev–Trinajstić information content (AvgIpc) is 3.21. The molecule has 5 heteroatoms. The summed E-state index contributed by atoms with van der Waals surface area (Å²) < 4.78 is 25.9. The largest absolute Gasteiger partial charge is 0.293 e. The van der Waals surface area contributed by atoms with Crippen molar-refractivity contribution in [2.45, 2.75) is 25.3 Å². The van der Waals surface area contributed by atoms with Gasteiger partial charge in [0.05, 0.1) is 12.6 Å². The van der Waals surface area contributed by atoms with E-state index in [1.165, 1.54) is 6.07 Å². The van der Waals surface area contributed by atoms with Crippen LogP contribution in [-0.2, 0) is 0 Å². The molecule has 0 aromatic heterocycles. The molecule has 1 aromatic carbocycles. The molecule has 1 aromatic rings. The number of benzene rings is 1. The number of nitrogens with zero attached hydrogens (tertiary/aromatic N) is 2. The van der Waals surface area contributed by atoms with Crippen molar-refractivity contribution in [3.8, 4) is 6.07 Å². The molecule has 0 atom stereocenters. The van der Waals surface area contributed by atoms with Crippen molar-refractivity contribution in [3.05, 3.63) is 35.4 Å². The minimum absolute atomic E-state index is 0.150. The summed E-state index contributed by atoms with van der Waals surface area (Å²) >= 11 is 0. The molecule has 0 unspecified atom stereocenters. The van der Waals surface area contributed by atoms with Gasteiger partial charge in [-0.15, -0.1) is 0 Å². The van der Waals surface area contributed by atoms with Gasteiger partial charge in [-0.05, 0) is 31.0 Å². The summed E-state index contributed by atoms with van der Waals surface area (Å²) in [4.78, 5) is 13.9. The number of rotatable bonds is 6. The Morgan fingerprint density at radius 3 is 2.68 bits per heavy atom. The van der Waals surface area contributed by atoms with Crippen LogP contribution in [0, 0.1) is 23.0 Å². The fourth-order valence-electron chi connectivity index (χ4n) is 1.97. The number of nitriles is 1. The molecule has 0 saturated heterocycles. The van der Waals surface area contributed by atoms with E-state index in [2.05, 4.69) is 0 Å². The van der Waals surface area contributed by atoms with E-state index in [0.717, 1.165) is 25.0 Å². The maximum absolute atomic E-state index is 13.1. The second kappa shape index (κ2) is 5.89. The fraction of sp³-hybridized carbons (Fsp3) is 0.429. The van der Waals surface area contributed by atoms with Crippen LogP contribution in [0.4, 0.5) is 8.78 Å². The first kappa shape index (κ1) is 13.6. The van der Waals surface area contributed by atoms with Gasteiger partial charge in [0.25, 0.3) is 0 Å². The van der Waals surface area contributed by atoms with Crippen LogP contribution in [0.3, 0.4) is 0 Å². The van der Waals surface area contributed by atoms with Crippen molar-refractivity contribution >= 4 is 5.78 Å². The summed E-state index contributed by atoms with van der Waals surface area (Å²) in [7, 11) is 0. The Morgan fingerprint density at radius 1 is 1.37 bits per heavy atom. The van der Waals surface area contributed by atoms with Gasteiger partial charge in [0, 0.05) is 24.6 Å². The first-order valence-electron chi connectivity index (χ1n) is 6.21. The number of carbonyl (C=O) groups excluding carboxylic acids is 1. The number of hydrogen-bond acceptors (Lipinski definition) is 3. The van der Waals surface area contributed by atoms with Crippen LogP contribution >= 0.6 is 0 Å². The number of hydrogen-bond donors (Lipinski definition) is 0. The summed E-state index contributed by atoms with van der Waals surface area (Å²) in [6, 6.07) is 5.57. The smallest absolute Gasteiger partial charge is 0.176 e. The average molecular weight is 264 g/mol. The number of carbonyl (C=O) groups is 1. The van der Waals surface area contributed by atoms with Crippen molar-refractivity contribution in [2.75, 3.05) is 13.1 Å². The van der Waals surface area contributed by atoms with Gasteiger partial charge in [0.15, 0.2) is 17.4 Å². The van der Waals surface area contributed by atoms with Gasteiger partial charge in [-0.25, -0.2) is 8.78 Å². The normalized spacial score (nSPS) is 14.4. The molecule has 3 nitrogen and oxygen atoms in total. The molecule has 100 valence electrons. The molecule has 1 aliphatic rings. The highest BCUT2D eigenvalue weighted by atomic mass is 19.2. The minimum atomic E-state index is -1.01. The van der Waals surface area contributed by atoms with E-state index in [4.69, 9.17) is 5.26 Å². The molecule has 0 bridgehead atoms. The SMILES string of the molecule is N#CCCN(CC(=O)c1ccc(F)c(F)c1)C1CC1. The van der Waals surface area contributed by atoms with Crippen molar-refractivity contribution in [1.29, 1.82) is 5.26 Å². The molecule has 1 fully saturated rings. The Labute approximate surface area is 110 Å². The van der Waals surface area contributed by atoms with E-state index < -0.39 is 11.6 Å². The maximum atomic E-state index is 13.1. The van der Waals surface area contributed by atoms with Crippen LogP contribution in [-0.4, -0.2) is 29.8 Å². The third-order valence-electron chi connectivity index (χ3n) is 3.16. The first-order valence-corrected chi connectivity index (χ1v) is 6.21. The van der Waals surface area contributed by atoms with Crippen LogP contribution < -0.4 is 0 Å². The fourth-order valence-corrected chi connectivity index (χ4v) is 1.97. The second-order valence-corrected chi connectivity index (χ2v) is 4.66. The van der Waals surface area contributed by atoms with Crippen LogP contribution in [0.25, 0.3) is 0 Å². The highest BCUT2D eigenvalue weighted by Crippen LogP contribution is 2.27. The molecule has 0 N–H and O–H groups in total. The minimum Gasteiger partial charge on any atom is -0.293 e. The molecule has 0 heterocycles. The molecular weight excluding hydrogens is 250 g/mol. The predicted molar refractivity (Wildman–Crippen MR) is 65.5 cm³/mol. The Bertz CT molecular complexity index is 521. The highest BCUT2D eigenvalue weighted by Gasteiger charge is 2.30. The summed E-state index contributed by atoms with van der Waals surface area (Å²) in [5.41, 5.74) is 0.168. The van der Waals surface area contributed by atoms with E-state index in [9.17, 15) is 13.6 Å². The van der Waals surface area contributed by atoms with Crippen LogP contribution in [0.5, 0.6) is 0 Å². The van der Waals surface area contributed by atoms with Crippen molar-refractivity contribution in [3.63, 3.8) is 0 Å². The standard InChI is InChI=1S/C14H14F2N2O/c15-12-5-2-10(8-13(12)16)14(19)9-18(7-1-6-17)11-3-4-11/h2,5,8,11H,1,3-4,7,9H2. The van der Waals surface area contributed by atoms with E-state index in [1.807, 2.05) is 11.0 Å². The Morgan fingerprint density at radius 2 is 2.11 bits per heavy atom. The Hall–Kier alpha value is -1.80. The van der Waals surface area contributed by atoms with Gasteiger partial charge in [-0.1, -0.05) is 0 Å². The maximum Gasteiger partial charge on any atom is 0.176 e. The third-order valence-corrected chi connectivity index (χ3v) is 3.16. The van der Waals surface area contributed by atoms with E-state index in [-0.39, 0.29) is 17.9 Å². The third kappa shape index (κ3) is 3.58. The Kier molecular flexibility index (Phi) is 4.23. The highest BCUT2D eigenvalue weighted by molar-refractivity contribution is 5.97. The summed E-state index contributed by atoms with van der Waals surface area (Å²) in [5.74, 6) is -2.22. The van der Waals surface area contributed by atoms with Gasteiger partial charge in [-0.3, -0.25) is 9.69 Å².